The summed E-state index contributed by atoms with van der Waals surface area (Å²) in [6.45, 7) is 0.985. The molecular formula is C15H13BF3N3O3. The molecule has 0 fully saturated rings. The van der Waals surface area contributed by atoms with E-state index in [4.69, 9.17) is 13.0 Å². The minimum absolute atomic E-state index is 0.101. The Morgan fingerprint density at radius 2 is 2.04 bits per heavy atom. The summed E-state index contributed by atoms with van der Waals surface area (Å²) in [5.41, 5.74) is 1.56. The molecule has 3 N–H and O–H groups in total. The maximum absolute atomic E-state index is 14.2. The predicted octanol–water partition coefficient (Wildman–Crippen LogP) is 0.998. The van der Waals surface area contributed by atoms with Gasteiger partial charge in [-0.15, -0.1) is 0 Å². The molecule has 1 amide bonds. The fraction of sp³-hybridized carbons (Fsp3) is 0.200. The normalized spacial score (nSPS) is 10.6. The third-order valence-corrected chi connectivity index (χ3v) is 3.11. The van der Waals surface area contributed by atoms with Crippen molar-refractivity contribution >= 4 is 30.7 Å². The number of carbonyl (C=O) groups excluding carboxylic acids is 1. The van der Waals surface area contributed by atoms with Crippen LogP contribution >= 0.6 is 0 Å². The van der Waals surface area contributed by atoms with Gasteiger partial charge in [-0.2, -0.15) is 0 Å². The Hall–Kier alpha value is -2.59. The number of benzene rings is 1. The molecule has 0 unspecified atom stereocenters. The first-order valence-electron chi connectivity index (χ1n) is 7.04. The molecule has 25 heavy (non-hydrogen) atoms. The number of aryl methyl sites for hydroxylation is 1. The summed E-state index contributed by atoms with van der Waals surface area (Å²) >= 11 is 0. The molecule has 2 aromatic rings. The molecular weight excluding hydrogens is 338 g/mol. The summed E-state index contributed by atoms with van der Waals surface area (Å²) in [5.74, 6) is -5.82. The van der Waals surface area contributed by atoms with Crippen LogP contribution in [-0.2, 0) is 4.84 Å². The number of rotatable bonds is 6. The topological polar surface area (TPSA) is 83.5 Å². The van der Waals surface area contributed by atoms with Gasteiger partial charge in [0.15, 0.2) is 17.5 Å². The number of pyridine rings is 1. The van der Waals surface area contributed by atoms with Gasteiger partial charge in [-0.3, -0.25) is 9.63 Å². The average Bonchev–Trinajstić information content (AvgIpc) is 2.57. The van der Waals surface area contributed by atoms with Crippen LogP contribution in [0.2, 0.25) is 0 Å². The number of aromatic nitrogens is 1. The number of nitrogens with one attached hydrogen (secondary N) is 2. The molecule has 6 nitrogen and oxygen atoms in total. The highest BCUT2D eigenvalue weighted by Crippen LogP contribution is 2.28. The van der Waals surface area contributed by atoms with Gasteiger partial charge in [0.2, 0.25) is 0 Å². The third kappa shape index (κ3) is 4.28. The van der Waals surface area contributed by atoms with Crippen LogP contribution in [0.4, 0.5) is 24.7 Å². The van der Waals surface area contributed by atoms with Crippen molar-refractivity contribution in [3.63, 3.8) is 0 Å². The van der Waals surface area contributed by atoms with Gasteiger partial charge in [0.25, 0.3) is 5.91 Å². The van der Waals surface area contributed by atoms with E-state index in [1.165, 1.54) is 12.3 Å². The molecule has 0 spiro atoms. The number of carbonyl (C=O) groups is 1. The van der Waals surface area contributed by atoms with Gasteiger partial charge in [0.05, 0.1) is 24.5 Å². The molecule has 1 aromatic heterocycles. The van der Waals surface area contributed by atoms with Crippen LogP contribution in [0, 0.1) is 24.4 Å². The summed E-state index contributed by atoms with van der Waals surface area (Å²) in [6, 6.07) is 2.04. The van der Waals surface area contributed by atoms with Crippen molar-refractivity contribution in [3.8, 4) is 0 Å². The van der Waals surface area contributed by atoms with Crippen LogP contribution in [0.1, 0.15) is 15.9 Å². The number of hydrogen-bond donors (Lipinski definition) is 3. The van der Waals surface area contributed by atoms with Crippen LogP contribution in [-0.4, -0.2) is 37.1 Å². The maximum Gasteiger partial charge on any atom is 0.277 e. The van der Waals surface area contributed by atoms with Crippen molar-refractivity contribution in [1.29, 1.82) is 0 Å². The number of anilines is 2. The van der Waals surface area contributed by atoms with E-state index in [9.17, 15) is 18.0 Å². The van der Waals surface area contributed by atoms with E-state index in [0.717, 1.165) is 0 Å². The molecule has 1 heterocycles. The number of hydroxylamine groups is 1. The highest BCUT2D eigenvalue weighted by molar-refractivity contribution is 6.32. The molecule has 2 rings (SSSR count). The number of amides is 1. The van der Waals surface area contributed by atoms with E-state index in [1.807, 2.05) is 5.48 Å². The lowest BCUT2D eigenvalue weighted by molar-refractivity contribution is 0.0168. The molecule has 130 valence electrons. The summed E-state index contributed by atoms with van der Waals surface area (Å²) in [7, 11) is 5.57. The second-order valence-corrected chi connectivity index (χ2v) is 4.97. The van der Waals surface area contributed by atoms with Crippen molar-refractivity contribution in [2.45, 2.75) is 6.92 Å². The maximum atomic E-state index is 14.2. The second-order valence-electron chi connectivity index (χ2n) is 4.97. The first kappa shape index (κ1) is 18.7. The van der Waals surface area contributed by atoms with E-state index >= 15 is 0 Å². The van der Waals surface area contributed by atoms with Gasteiger partial charge in [-0.25, -0.2) is 23.6 Å². The van der Waals surface area contributed by atoms with E-state index < -0.39 is 34.6 Å². The van der Waals surface area contributed by atoms with Gasteiger partial charge in [0.1, 0.15) is 13.7 Å². The van der Waals surface area contributed by atoms with Gasteiger partial charge in [-0.1, -0.05) is 11.5 Å². The van der Waals surface area contributed by atoms with Gasteiger partial charge in [0, 0.05) is 6.20 Å². The molecule has 0 atom stereocenters. The zero-order chi connectivity index (χ0) is 18.6. The molecule has 0 aliphatic carbocycles. The van der Waals surface area contributed by atoms with Crippen molar-refractivity contribution in [1.82, 2.24) is 10.5 Å². The van der Waals surface area contributed by atoms with Crippen LogP contribution in [0.3, 0.4) is 0 Å². The number of halogens is 3. The lowest BCUT2D eigenvalue weighted by atomic mass is 9.97. The van der Waals surface area contributed by atoms with E-state index in [1.54, 1.807) is 6.92 Å². The van der Waals surface area contributed by atoms with Crippen LogP contribution in [0.25, 0.3) is 0 Å². The highest BCUT2D eigenvalue weighted by atomic mass is 19.2. The summed E-state index contributed by atoms with van der Waals surface area (Å²) in [5, 5.41) is 11.1. The molecule has 0 saturated carbocycles. The zero-order valence-corrected chi connectivity index (χ0v) is 13.1. The van der Waals surface area contributed by atoms with Crippen molar-refractivity contribution in [3.05, 3.63) is 46.9 Å². The predicted molar refractivity (Wildman–Crippen MR) is 84.5 cm³/mol. The Bertz CT molecular complexity index is 805. The van der Waals surface area contributed by atoms with Crippen LogP contribution in [0.5, 0.6) is 0 Å². The van der Waals surface area contributed by atoms with E-state index in [-0.39, 0.29) is 19.0 Å². The average molecular weight is 351 g/mol. The molecule has 0 saturated heterocycles. The Kier molecular flexibility index (Phi) is 5.99. The zero-order valence-electron chi connectivity index (χ0n) is 13.1. The smallest absolute Gasteiger partial charge is 0.277 e. The van der Waals surface area contributed by atoms with Gasteiger partial charge < -0.3 is 10.4 Å². The van der Waals surface area contributed by atoms with Crippen LogP contribution < -0.4 is 16.3 Å². The summed E-state index contributed by atoms with van der Waals surface area (Å²) in [6.07, 6.45) is 1.28. The lowest BCUT2D eigenvalue weighted by Crippen LogP contribution is -2.26. The molecule has 1 aromatic carbocycles. The first-order chi connectivity index (χ1) is 11.8. The molecule has 0 aliphatic heterocycles. The Morgan fingerprint density at radius 3 is 2.68 bits per heavy atom. The fourth-order valence-electron chi connectivity index (χ4n) is 1.96. The first-order valence-corrected chi connectivity index (χ1v) is 7.04. The van der Waals surface area contributed by atoms with Gasteiger partial charge in [-0.05, 0) is 18.6 Å². The molecule has 2 radical (unpaired) electrons. The SMILES string of the molecule is [B]c1cnc(Nc2c(C(=O)NOCCO)cc(F)c(F)c2F)c(C)c1. The quantitative estimate of drug-likeness (QED) is 0.313. The number of aliphatic hydroxyl groups excluding tert-OH is 1. The Balaban J connectivity index is 2.44. The number of aliphatic hydroxyl groups is 1. The molecule has 0 aliphatic rings. The monoisotopic (exact) mass is 351 g/mol. The largest absolute Gasteiger partial charge is 0.394 e. The number of nitrogens with zero attached hydrogens (tertiary/aromatic N) is 1. The van der Waals surface area contributed by atoms with Crippen molar-refractivity contribution in [2.24, 2.45) is 0 Å². The van der Waals surface area contributed by atoms with E-state index in [2.05, 4.69) is 15.1 Å². The number of hydrogen-bond acceptors (Lipinski definition) is 5. The standard InChI is InChI=1S/C15H13BF3N3O3/c1-7-4-8(16)6-20-14(7)21-13-9(15(24)22-25-3-2-23)5-10(17)11(18)12(13)19/h4-6,23H,2-3H2,1H3,(H,20,21)(H,22,24). The molecule has 10 heteroatoms. The summed E-state index contributed by atoms with van der Waals surface area (Å²) in [4.78, 5) is 20.6. The molecule has 0 bridgehead atoms. The van der Waals surface area contributed by atoms with Gasteiger partial charge >= 0.3 is 0 Å². The summed E-state index contributed by atoms with van der Waals surface area (Å²) < 4.78 is 41.3. The minimum atomic E-state index is -1.75. The van der Waals surface area contributed by atoms with E-state index in [0.29, 0.717) is 17.1 Å². The minimum Gasteiger partial charge on any atom is -0.394 e. The third-order valence-electron chi connectivity index (χ3n) is 3.11. The Labute approximate surface area is 142 Å². The van der Waals surface area contributed by atoms with Crippen LogP contribution in [0.15, 0.2) is 18.3 Å². The Morgan fingerprint density at radius 1 is 1.32 bits per heavy atom. The van der Waals surface area contributed by atoms with Crippen molar-refractivity contribution in [2.75, 3.05) is 18.5 Å². The van der Waals surface area contributed by atoms with Crippen molar-refractivity contribution < 1.29 is 27.9 Å². The lowest BCUT2D eigenvalue weighted by Gasteiger charge is -2.15. The fourth-order valence-corrected chi connectivity index (χ4v) is 1.96. The highest BCUT2D eigenvalue weighted by Gasteiger charge is 2.24. The second kappa shape index (κ2) is 7.99.